The third-order valence-corrected chi connectivity index (χ3v) is 5.55. The first-order chi connectivity index (χ1) is 10.5. The topological polar surface area (TPSA) is 48.5 Å². The van der Waals surface area contributed by atoms with E-state index < -0.39 is 0 Å². The van der Waals surface area contributed by atoms with E-state index in [4.69, 9.17) is 0 Å². The number of nitrogens with zero attached hydrogens (tertiary/aromatic N) is 3. The summed E-state index contributed by atoms with van der Waals surface area (Å²) in [5.41, 5.74) is -0.264. The third-order valence-electron chi connectivity index (χ3n) is 4.51. The van der Waals surface area contributed by atoms with Crippen molar-refractivity contribution in [2.45, 2.75) is 40.2 Å². The van der Waals surface area contributed by atoms with Gasteiger partial charge in [-0.2, -0.15) is 0 Å². The maximum atomic E-state index is 12.1. The molecule has 2 rings (SSSR count). The zero-order valence-corrected chi connectivity index (χ0v) is 15.0. The van der Waals surface area contributed by atoms with E-state index in [-0.39, 0.29) is 11.3 Å². The summed E-state index contributed by atoms with van der Waals surface area (Å²) in [6.07, 6.45) is 4.03. The van der Waals surface area contributed by atoms with Gasteiger partial charge >= 0.3 is 0 Å². The summed E-state index contributed by atoms with van der Waals surface area (Å²) >= 11 is 1.77. The molecule has 0 aromatic carbocycles. The highest BCUT2D eigenvalue weighted by atomic mass is 32.1. The van der Waals surface area contributed by atoms with Gasteiger partial charge < -0.3 is 10.2 Å². The number of likely N-dealkylation sites (tertiary alicyclic amines) is 1. The highest BCUT2D eigenvalue weighted by Crippen LogP contribution is 2.31. The maximum absolute atomic E-state index is 12.1. The van der Waals surface area contributed by atoms with Crippen LogP contribution in [-0.2, 0) is 11.3 Å². The Kier molecular flexibility index (Phi) is 5.81. The van der Waals surface area contributed by atoms with Gasteiger partial charge in [0.1, 0.15) is 0 Å². The van der Waals surface area contributed by atoms with Crippen LogP contribution >= 0.6 is 11.3 Å². The molecule has 0 spiro atoms. The number of piperidine rings is 1. The van der Waals surface area contributed by atoms with Crippen LogP contribution in [0.5, 0.6) is 0 Å². The molecule has 124 valence electrons. The highest BCUT2D eigenvalue weighted by molar-refractivity contribution is 7.15. The summed E-state index contributed by atoms with van der Waals surface area (Å²) in [5, 5.41) is 3.91. The second-order valence-electron chi connectivity index (χ2n) is 6.24. The molecule has 1 fully saturated rings. The minimum Gasteiger partial charge on any atom is -0.359 e. The Morgan fingerprint density at radius 2 is 2.23 bits per heavy atom. The fourth-order valence-electron chi connectivity index (χ4n) is 3.20. The molecule has 0 aliphatic carbocycles. The molecule has 1 atom stereocenters. The summed E-state index contributed by atoms with van der Waals surface area (Å²) in [6, 6.07) is 0. The van der Waals surface area contributed by atoms with Gasteiger partial charge in [0.15, 0.2) is 5.13 Å². The van der Waals surface area contributed by atoms with Gasteiger partial charge in [0.2, 0.25) is 5.91 Å². The number of rotatable bonds is 6. The van der Waals surface area contributed by atoms with E-state index in [1.165, 1.54) is 4.88 Å². The first-order valence-electron chi connectivity index (χ1n) is 8.16. The fraction of sp³-hybridized carbons (Fsp3) is 0.750. The third kappa shape index (κ3) is 3.79. The second-order valence-corrected chi connectivity index (χ2v) is 7.33. The highest BCUT2D eigenvalue weighted by Gasteiger charge is 2.37. The van der Waals surface area contributed by atoms with Crippen molar-refractivity contribution in [3.8, 4) is 0 Å². The molecule has 1 aromatic rings. The van der Waals surface area contributed by atoms with Crippen molar-refractivity contribution in [2.24, 2.45) is 5.41 Å². The normalized spacial score (nSPS) is 22.5. The molecular formula is C16H28N4OS. The van der Waals surface area contributed by atoms with Crippen LogP contribution in [0.3, 0.4) is 0 Å². The van der Waals surface area contributed by atoms with Crippen LogP contribution in [0.2, 0.25) is 0 Å². The van der Waals surface area contributed by atoms with Gasteiger partial charge in [0.05, 0.1) is 5.41 Å². The van der Waals surface area contributed by atoms with Gasteiger partial charge in [-0.15, -0.1) is 11.3 Å². The van der Waals surface area contributed by atoms with E-state index in [0.717, 1.165) is 50.7 Å². The number of carbonyl (C=O) groups is 1. The number of hydrogen-bond donors (Lipinski definition) is 1. The molecule has 1 aliphatic heterocycles. The predicted molar refractivity (Wildman–Crippen MR) is 92.4 cm³/mol. The van der Waals surface area contributed by atoms with Crippen molar-refractivity contribution in [1.82, 2.24) is 15.2 Å². The lowest BCUT2D eigenvalue weighted by Gasteiger charge is -2.38. The SMILES string of the molecule is CCN(CC)c1ncc(CN2CCC[C@@](C)(C(=O)NC)C2)s1. The van der Waals surface area contributed by atoms with Crippen LogP contribution in [-0.4, -0.2) is 49.0 Å². The largest absolute Gasteiger partial charge is 0.359 e. The lowest BCUT2D eigenvalue weighted by molar-refractivity contribution is -0.132. The molecule has 0 bridgehead atoms. The Morgan fingerprint density at radius 3 is 2.86 bits per heavy atom. The van der Waals surface area contributed by atoms with E-state index in [2.05, 4.69) is 40.9 Å². The smallest absolute Gasteiger partial charge is 0.226 e. The molecule has 1 N–H and O–H groups in total. The maximum Gasteiger partial charge on any atom is 0.226 e. The summed E-state index contributed by atoms with van der Waals surface area (Å²) in [4.78, 5) is 22.6. The number of hydrogen-bond acceptors (Lipinski definition) is 5. The van der Waals surface area contributed by atoms with Crippen molar-refractivity contribution in [3.05, 3.63) is 11.1 Å². The van der Waals surface area contributed by atoms with E-state index in [1.54, 1.807) is 18.4 Å². The van der Waals surface area contributed by atoms with Crippen molar-refractivity contribution in [1.29, 1.82) is 0 Å². The Bertz CT molecular complexity index is 500. The lowest BCUT2D eigenvalue weighted by atomic mass is 9.81. The lowest BCUT2D eigenvalue weighted by Crippen LogP contribution is -2.49. The standard InChI is InChI=1S/C16H28N4OS/c1-5-20(6-2)15-18-10-13(22-15)11-19-9-7-8-16(3,12-19)14(21)17-4/h10H,5-9,11-12H2,1-4H3,(H,17,21)/t16-/m1/s1. The average molecular weight is 324 g/mol. The number of anilines is 1. The molecule has 2 heterocycles. The first-order valence-corrected chi connectivity index (χ1v) is 8.98. The molecule has 0 radical (unpaired) electrons. The van der Waals surface area contributed by atoms with Crippen LogP contribution < -0.4 is 10.2 Å². The Labute approximate surface area is 137 Å². The minimum atomic E-state index is -0.264. The van der Waals surface area contributed by atoms with Crippen LogP contribution in [0.1, 0.15) is 38.5 Å². The number of nitrogens with one attached hydrogen (secondary N) is 1. The van der Waals surface area contributed by atoms with Crippen LogP contribution in [0, 0.1) is 5.41 Å². The molecule has 0 unspecified atom stereocenters. The quantitative estimate of drug-likeness (QED) is 0.872. The first kappa shape index (κ1) is 17.2. The van der Waals surface area contributed by atoms with Crippen LogP contribution in [0.15, 0.2) is 6.20 Å². The average Bonchev–Trinajstić information content (AvgIpc) is 2.96. The van der Waals surface area contributed by atoms with E-state index in [0.29, 0.717) is 0 Å². The van der Waals surface area contributed by atoms with Crippen LogP contribution in [0.4, 0.5) is 5.13 Å². The van der Waals surface area contributed by atoms with Crippen molar-refractivity contribution in [2.75, 3.05) is 38.1 Å². The summed E-state index contributed by atoms with van der Waals surface area (Å²) < 4.78 is 0. The number of aromatic nitrogens is 1. The Balaban J connectivity index is 2.00. The van der Waals surface area contributed by atoms with E-state index in [9.17, 15) is 4.79 Å². The molecule has 5 nitrogen and oxygen atoms in total. The van der Waals surface area contributed by atoms with Gasteiger partial charge in [-0.1, -0.05) is 0 Å². The Hall–Kier alpha value is -1.14. The summed E-state index contributed by atoms with van der Waals surface area (Å²) in [7, 11) is 1.73. The zero-order chi connectivity index (χ0) is 16.2. The zero-order valence-electron chi connectivity index (χ0n) is 14.2. The molecular weight excluding hydrogens is 296 g/mol. The summed E-state index contributed by atoms with van der Waals surface area (Å²) in [5.74, 6) is 0.158. The number of carbonyl (C=O) groups excluding carboxylic acids is 1. The number of amides is 1. The predicted octanol–water partition coefficient (Wildman–Crippen LogP) is 2.34. The molecule has 1 amide bonds. The van der Waals surface area contributed by atoms with Gasteiger partial charge in [0.25, 0.3) is 0 Å². The Morgan fingerprint density at radius 1 is 1.50 bits per heavy atom. The van der Waals surface area contributed by atoms with Gasteiger partial charge in [-0.25, -0.2) is 4.98 Å². The van der Waals surface area contributed by atoms with Crippen LogP contribution in [0.25, 0.3) is 0 Å². The molecule has 1 saturated heterocycles. The van der Waals surface area contributed by atoms with E-state index >= 15 is 0 Å². The van der Waals surface area contributed by atoms with E-state index in [1.807, 2.05) is 6.20 Å². The molecule has 1 aliphatic rings. The molecule has 22 heavy (non-hydrogen) atoms. The second kappa shape index (κ2) is 7.42. The summed E-state index contributed by atoms with van der Waals surface area (Å²) in [6.45, 7) is 11.1. The van der Waals surface area contributed by atoms with Crippen molar-refractivity contribution >= 4 is 22.4 Å². The van der Waals surface area contributed by atoms with Crippen molar-refractivity contribution < 1.29 is 4.79 Å². The van der Waals surface area contributed by atoms with Gasteiger partial charge in [-0.3, -0.25) is 9.69 Å². The minimum absolute atomic E-state index is 0.158. The van der Waals surface area contributed by atoms with Crippen molar-refractivity contribution in [3.63, 3.8) is 0 Å². The van der Waals surface area contributed by atoms with Gasteiger partial charge in [0, 0.05) is 44.3 Å². The monoisotopic (exact) mass is 324 g/mol. The number of thiazole rings is 1. The van der Waals surface area contributed by atoms with Gasteiger partial charge in [-0.05, 0) is 40.2 Å². The molecule has 0 saturated carbocycles. The fourth-order valence-corrected chi connectivity index (χ4v) is 4.28. The molecule has 6 heteroatoms. The molecule has 1 aromatic heterocycles.